The van der Waals surface area contributed by atoms with Crippen molar-refractivity contribution in [3.8, 4) is 5.75 Å². The number of ether oxygens (including phenoxy) is 1. The van der Waals surface area contributed by atoms with Gasteiger partial charge in [-0.3, -0.25) is 0 Å². The van der Waals surface area contributed by atoms with Crippen molar-refractivity contribution in [2.75, 3.05) is 18.7 Å². The Labute approximate surface area is 83.0 Å². The van der Waals surface area contributed by atoms with E-state index in [2.05, 4.69) is 0 Å². The van der Waals surface area contributed by atoms with Gasteiger partial charge in [0.05, 0.1) is 12.8 Å². The van der Waals surface area contributed by atoms with Crippen LogP contribution in [0.2, 0.25) is 0 Å². The van der Waals surface area contributed by atoms with Gasteiger partial charge in [-0.1, -0.05) is 18.2 Å². The second-order valence-electron chi connectivity index (χ2n) is 2.56. The lowest BCUT2D eigenvalue weighted by Gasteiger charge is -2.04. The Morgan fingerprint density at radius 1 is 1.54 bits per heavy atom. The van der Waals surface area contributed by atoms with Gasteiger partial charge < -0.3 is 10.5 Å². The number of hydrogen-bond donors (Lipinski definition) is 1. The first-order valence-electron chi connectivity index (χ1n) is 3.94. The highest BCUT2D eigenvalue weighted by molar-refractivity contribution is 6.19. The molecule has 0 radical (unpaired) electrons. The highest BCUT2D eigenvalue weighted by atomic mass is 35.5. The van der Waals surface area contributed by atoms with Crippen molar-refractivity contribution in [2.45, 2.75) is 0 Å². The summed E-state index contributed by atoms with van der Waals surface area (Å²) in [6.45, 7) is 0. The minimum atomic E-state index is 0.506. The van der Waals surface area contributed by atoms with Gasteiger partial charge >= 0.3 is 0 Å². The number of allylic oxidation sites excluding steroid dienone is 1. The van der Waals surface area contributed by atoms with Gasteiger partial charge in [0.25, 0.3) is 0 Å². The Hall–Kier alpha value is -1.15. The molecular formula is C10H12ClNO. The Bertz CT molecular complexity index is 310. The van der Waals surface area contributed by atoms with Gasteiger partial charge in [-0.25, -0.2) is 0 Å². The van der Waals surface area contributed by atoms with Gasteiger partial charge in [0, 0.05) is 5.88 Å². The largest absolute Gasteiger partial charge is 0.495 e. The molecule has 0 aliphatic heterocycles. The fourth-order valence-corrected chi connectivity index (χ4v) is 1.13. The van der Waals surface area contributed by atoms with Crippen LogP contribution in [-0.4, -0.2) is 13.0 Å². The molecule has 0 aliphatic carbocycles. The highest BCUT2D eigenvalue weighted by Crippen LogP contribution is 2.22. The van der Waals surface area contributed by atoms with Gasteiger partial charge in [0.1, 0.15) is 5.75 Å². The van der Waals surface area contributed by atoms with Crippen molar-refractivity contribution >= 4 is 23.4 Å². The van der Waals surface area contributed by atoms with Gasteiger partial charge in [-0.15, -0.1) is 11.6 Å². The first kappa shape index (κ1) is 9.93. The molecule has 1 aromatic rings. The van der Waals surface area contributed by atoms with Gasteiger partial charge in [0.15, 0.2) is 0 Å². The van der Waals surface area contributed by atoms with Crippen LogP contribution in [0.25, 0.3) is 6.08 Å². The lowest BCUT2D eigenvalue weighted by atomic mass is 10.2. The summed E-state index contributed by atoms with van der Waals surface area (Å²) in [4.78, 5) is 0. The predicted molar refractivity (Wildman–Crippen MR) is 57.2 cm³/mol. The number of anilines is 1. The zero-order valence-electron chi connectivity index (χ0n) is 7.46. The van der Waals surface area contributed by atoms with Crippen molar-refractivity contribution in [3.05, 3.63) is 29.8 Å². The predicted octanol–water partition coefficient (Wildman–Crippen LogP) is 2.53. The maximum Gasteiger partial charge on any atom is 0.141 e. The summed E-state index contributed by atoms with van der Waals surface area (Å²) in [5, 5.41) is 0. The Balaban J connectivity index is 2.89. The van der Waals surface area contributed by atoms with Crippen molar-refractivity contribution in [3.63, 3.8) is 0 Å². The van der Waals surface area contributed by atoms with E-state index in [9.17, 15) is 0 Å². The second kappa shape index (κ2) is 4.77. The molecule has 0 atom stereocenters. The summed E-state index contributed by atoms with van der Waals surface area (Å²) in [5.74, 6) is 1.20. The molecule has 0 unspecified atom stereocenters. The Morgan fingerprint density at radius 2 is 2.31 bits per heavy atom. The van der Waals surface area contributed by atoms with Crippen LogP contribution in [0.4, 0.5) is 5.69 Å². The van der Waals surface area contributed by atoms with E-state index in [0.29, 0.717) is 17.3 Å². The van der Waals surface area contributed by atoms with Crippen molar-refractivity contribution < 1.29 is 4.74 Å². The normalized spacial score (nSPS) is 10.6. The minimum absolute atomic E-state index is 0.506. The van der Waals surface area contributed by atoms with Gasteiger partial charge in [-0.05, 0) is 17.7 Å². The molecule has 1 rings (SSSR count). The van der Waals surface area contributed by atoms with Crippen LogP contribution in [0.5, 0.6) is 5.75 Å². The average molecular weight is 198 g/mol. The van der Waals surface area contributed by atoms with Crippen molar-refractivity contribution in [2.24, 2.45) is 0 Å². The van der Waals surface area contributed by atoms with Crippen LogP contribution >= 0.6 is 11.6 Å². The number of nitrogen functional groups attached to an aromatic ring is 1. The van der Waals surface area contributed by atoms with Crippen LogP contribution in [0, 0.1) is 0 Å². The van der Waals surface area contributed by atoms with Crippen molar-refractivity contribution in [1.82, 2.24) is 0 Å². The van der Waals surface area contributed by atoms with Crippen LogP contribution < -0.4 is 10.5 Å². The third kappa shape index (κ3) is 2.67. The number of benzene rings is 1. The number of methoxy groups -OCH3 is 1. The molecule has 0 saturated heterocycles. The van der Waals surface area contributed by atoms with Crippen molar-refractivity contribution in [1.29, 1.82) is 0 Å². The van der Waals surface area contributed by atoms with Crippen LogP contribution in [0.15, 0.2) is 24.3 Å². The number of nitrogens with two attached hydrogens (primary N) is 1. The topological polar surface area (TPSA) is 35.2 Å². The van der Waals surface area contributed by atoms with E-state index >= 15 is 0 Å². The van der Waals surface area contributed by atoms with E-state index in [-0.39, 0.29) is 0 Å². The van der Waals surface area contributed by atoms with Crippen LogP contribution in [0.3, 0.4) is 0 Å². The van der Waals surface area contributed by atoms with E-state index in [0.717, 1.165) is 5.56 Å². The third-order valence-corrected chi connectivity index (χ3v) is 1.83. The minimum Gasteiger partial charge on any atom is -0.495 e. The molecule has 3 heteroatoms. The SMILES string of the molecule is COc1ccc(C=CCCl)cc1N. The summed E-state index contributed by atoms with van der Waals surface area (Å²) in [5.41, 5.74) is 7.38. The van der Waals surface area contributed by atoms with E-state index in [1.165, 1.54) is 0 Å². The first-order valence-corrected chi connectivity index (χ1v) is 4.47. The first-order chi connectivity index (χ1) is 6.27. The summed E-state index contributed by atoms with van der Waals surface area (Å²) in [6, 6.07) is 5.61. The monoisotopic (exact) mass is 197 g/mol. The summed E-state index contributed by atoms with van der Waals surface area (Å²) < 4.78 is 5.03. The molecule has 0 spiro atoms. The molecule has 13 heavy (non-hydrogen) atoms. The quantitative estimate of drug-likeness (QED) is 0.597. The Morgan fingerprint density at radius 3 is 2.85 bits per heavy atom. The standard InChI is InChI=1S/C10H12ClNO/c1-13-10-5-4-8(3-2-6-11)7-9(10)12/h2-5,7H,6,12H2,1H3. The zero-order chi connectivity index (χ0) is 9.68. The molecule has 0 fully saturated rings. The summed E-state index contributed by atoms with van der Waals surface area (Å²) in [6.07, 6.45) is 3.78. The summed E-state index contributed by atoms with van der Waals surface area (Å²) in [7, 11) is 1.60. The highest BCUT2D eigenvalue weighted by Gasteiger charge is 1.97. The lowest BCUT2D eigenvalue weighted by Crippen LogP contribution is -1.92. The molecule has 1 aromatic carbocycles. The molecule has 70 valence electrons. The molecule has 0 amide bonds. The zero-order valence-corrected chi connectivity index (χ0v) is 8.21. The smallest absolute Gasteiger partial charge is 0.141 e. The fourth-order valence-electron chi connectivity index (χ4n) is 1.04. The van der Waals surface area contributed by atoms with Crippen LogP contribution in [-0.2, 0) is 0 Å². The number of rotatable bonds is 3. The number of halogens is 1. The molecule has 0 aromatic heterocycles. The molecule has 0 heterocycles. The second-order valence-corrected chi connectivity index (χ2v) is 2.87. The third-order valence-electron chi connectivity index (χ3n) is 1.65. The molecule has 0 aliphatic rings. The van der Waals surface area contributed by atoms with Gasteiger partial charge in [-0.2, -0.15) is 0 Å². The fraction of sp³-hybridized carbons (Fsp3) is 0.200. The molecule has 2 nitrogen and oxygen atoms in total. The summed E-state index contributed by atoms with van der Waals surface area (Å²) >= 11 is 5.51. The van der Waals surface area contributed by atoms with E-state index in [1.807, 2.05) is 30.4 Å². The molecule has 2 N–H and O–H groups in total. The maximum atomic E-state index is 5.71. The number of alkyl halides is 1. The molecule has 0 saturated carbocycles. The lowest BCUT2D eigenvalue weighted by molar-refractivity contribution is 0.417. The Kier molecular flexibility index (Phi) is 3.65. The van der Waals surface area contributed by atoms with E-state index in [1.54, 1.807) is 7.11 Å². The van der Waals surface area contributed by atoms with Crippen LogP contribution in [0.1, 0.15) is 5.56 Å². The number of hydrogen-bond acceptors (Lipinski definition) is 2. The molecular weight excluding hydrogens is 186 g/mol. The van der Waals surface area contributed by atoms with E-state index < -0.39 is 0 Å². The average Bonchev–Trinajstić information content (AvgIpc) is 2.15. The van der Waals surface area contributed by atoms with Gasteiger partial charge in [0.2, 0.25) is 0 Å². The van der Waals surface area contributed by atoms with E-state index in [4.69, 9.17) is 22.1 Å². The molecule has 0 bridgehead atoms. The maximum absolute atomic E-state index is 5.71.